The fraction of sp³-hybridized carbons (Fsp3) is 0.774. The minimum absolute atomic E-state index is 0.0620. The van der Waals surface area contributed by atoms with Gasteiger partial charge in [-0.1, -0.05) is 32.0 Å². The zero-order chi connectivity index (χ0) is 24.0. The molecule has 0 N–H and O–H groups in total. The van der Waals surface area contributed by atoms with Gasteiger partial charge in [0.2, 0.25) is 0 Å². The van der Waals surface area contributed by atoms with Crippen LogP contribution in [0.4, 0.5) is 0 Å². The summed E-state index contributed by atoms with van der Waals surface area (Å²) < 4.78 is 0. The van der Waals surface area contributed by atoms with Gasteiger partial charge >= 0.3 is 0 Å². The van der Waals surface area contributed by atoms with Crippen LogP contribution in [0.5, 0.6) is 0 Å². The Hall–Kier alpha value is -1.35. The van der Waals surface area contributed by atoms with Gasteiger partial charge in [-0.2, -0.15) is 0 Å². The van der Waals surface area contributed by atoms with E-state index < -0.39 is 0 Å². The van der Waals surface area contributed by atoms with Crippen molar-refractivity contribution in [3.05, 3.63) is 35.4 Å². The first-order valence-electron chi connectivity index (χ1n) is 14.2. The number of benzene rings is 1. The molecule has 0 bridgehead atoms. The van der Waals surface area contributed by atoms with Gasteiger partial charge in [0.25, 0.3) is 5.91 Å². The van der Waals surface area contributed by atoms with E-state index >= 15 is 0 Å². The summed E-state index contributed by atoms with van der Waals surface area (Å²) in [7, 11) is 6.63. The van der Waals surface area contributed by atoms with Crippen LogP contribution in [0.2, 0.25) is 0 Å². The van der Waals surface area contributed by atoms with Gasteiger partial charge in [-0.25, -0.2) is 0 Å². The van der Waals surface area contributed by atoms with Crippen LogP contribution in [-0.2, 0) is 5.54 Å². The summed E-state index contributed by atoms with van der Waals surface area (Å²) in [6.07, 6.45) is 12.1. The highest BCUT2D eigenvalue weighted by atomic mass is 16.2. The molecule has 0 saturated heterocycles. The van der Waals surface area contributed by atoms with Crippen molar-refractivity contribution in [3.8, 4) is 0 Å². The molecule has 186 valence electrons. The molecular weight excluding hydrogens is 416 g/mol. The van der Waals surface area contributed by atoms with Crippen molar-refractivity contribution in [1.29, 1.82) is 0 Å². The first-order chi connectivity index (χ1) is 16.1. The van der Waals surface area contributed by atoms with Crippen LogP contribution in [0.1, 0.15) is 94.5 Å². The summed E-state index contributed by atoms with van der Waals surface area (Å²) in [5.41, 5.74) is 3.19. The Balaban J connectivity index is 1.28. The molecule has 3 nitrogen and oxygen atoms in total. The Morgan fingerprint density at radius 2 is 1.68 bits per heavy atom. The number of hydrogen-bond donors (Lipinski definition) is 0. The van der Waals surface area contributed by atoms with Gasteiger partial charge in [0.05, 0.1) is 5.54 Å². The van der Waals surface area contributed by atoms with E-state index in [4.69, 9.17) is 0 Å². The quantitative estimate of drug-likeness (QED) is 0.496. The predicted molar refractivity (Wildman–Crippen MR) is 139 cm³/mol. The van der Waals surface area contributed by atoms with Crippen molar-refractivity contribution < 1.29 is 4.79 Å². The first-order valence-corrected chi connectivity index (χ1v) is 14.2. The number of amides is 1. The van der Waals surface area contributed by atoms with Crippen LogP contribution >= 0.6 is 0 Å². The average Bonchev–Trinajstić information content (AvgIpc) is 3.28. The van der Waals surface area contributed by atoms with Gasteiger partial charge in [-0.05, 0) is 131 Å². The summed E-state index contributed by atoms with van der Waals surface area (Å²) in [4.78, 5) is 17.8. The number of hydrogen-bond acceptors (Lipinski definition) is 2. The molecule has 4 aliphatic carbocycles. The van der Waals surface area contributed by atoms with Crippen molar-refractivity contribution in [2.75, 3.05) is 21.1 Å². The van der Waals surface area contributed by atoms with E-state index in [0.29, 0.717) is 16.9 Å². The zero-order valence-electron chi connectivity index (χ0n) is 22.4. The molecule has 1 amide bonds. The fourth-order valence-electron chi connectivity index (χ4n) is 10.6. The Morgan fingerprint density at radius 3 is 2.44 bits per heavy atom. The van der Waals surface area contributed by atoms with Crippen molar-refractivity contribution in [1.82, 2.24) is 9.80 Å². The molecule has 1 aliphatic heterocycles. The van der Waals surface area contributed by atoms with Gasteiger partial charge in [0.1, 0.15) is 0 Å². The first kappa shape index (κ1) is 23.1. The molecule has 1 aromatic rings. The molecule has 6 rings (SSSR count). The second-order valence-corrected chi connectivity index (χ2v) is 13.7. The maximum absolute atomic E-state index is 13.2. The molecule has 4 fully saturated rings. The van der Waals surface area contributed by atoms with Crippen LogP contribution < -0.4 is 0 Å². The molecular formula is C31H46N2O. The maximum Gasteiger partial charge on any atom is 0.254 e. The van der Waals surface area contributed by atoms with E-state index in [1.165, 1.54) is 56.9 Å². The van der Waals surface area contributed by atoms with Gasteiger partial charge < -0.3 is 9.80 Å². The van der Waals surface area contributed by atoms with Crippen LogP contribution in [0, 0.1) is 40.4 Å². The van der Waals surface area contributed by atoms with E-state index in [9.17, 15) is 4.79 Å². The van der Waals surface area contributed by atoms with E-state index in [1.807, 2.05) is 6.07 Å². The van der Waals surface area contributed by atoms with Gasteiger partial charge in [0.15, 0.2) is 0 Å². The third-order valence-electron chi connectivity index (χ3n) is 12.8. The Bertz CT molecular complexity index is 987. The van der Waals surface area contributed by atoms with E-state index in [-0.39, 0.29) is 11.4 Å². The maximum atomic E-state index is 13.2. The lowest BCUT2D eigenvalue weighted by atomic mass is 9.43. The van der Waals surface area contributed by atoms with E-state index in [2.05, 4.69) is 69.9 Å². The normalized spacial score (nSPS) is 46.3. The SMILES string of the molecule is C[C@@H]([C@H]1CCC2C3CCC4C[C@]5(CC[C@]4(C)C3CC[C@@]21C)c1ccccc1C(=O)N5C)N(C)C. The largest absolute Gasteiger partial charge is 0.332 e. The molecule has 0 aromatic heterocycles. The number of rotatable bonds is 2. The molecule has 4 unspecified atom stereocenters. The van der Waals surface area contributed by atoms with Crippen molar-refractivity contribution in [3.63, 3.8) is 0 Å². The molecule has 1 aromatic carbocycles. The number of carbonyl (C=O) groups excluding carboxylic acids is 1. The average molecular weight is 463 g/mol. The third kappa shape index (κ3) is 2.83. The van der Waals surface area contributed by atoms with Gasteiger partial charge in [0, 0.05) is 18.7 Å². The fourth-order valence-corrected chi connectivity index (χ4v) is 10.6. The molecule has 9 atom stereocenters. The highest BCUT2D eigenvalue weighted by Gasteiger charge is 2.63. The Labute approximate surface area is 207 Å². The highest BCUT2D eigenvalue weighted by Crippen LogP contribution is 2.69. The molecule has 1 spiro atoms. The molecule has 3 heteroatoms. The zero-order valence-corrected chi connectivity index (χ0v) is 22.4. The van der Waals surface area contributed by atoms with Crippen LogP contribution in [0.3, 0.4) is 0 Å². The Morgan fingerprint density at radius 1 is 0.941 bits per heavy atom. The minimum Gasteiger partial charge on any atom is -0.332 e. The van der Waals surface area contributed by atoms with Crippen molar-refractivity contribution in [2.45, 2.75) is 90.1 Å². The predicted octanol–water partition coefficient (Wildman–Crippen LogP) is 6.58. The van der Waals surface area contributed by atoms with Crippen LogP contribution in [-0.4, -0.2) is 42.9 Å². The second kappa shape index (κ2) is 7.58. The second-order valence-electron chi connectivity index (χ2n) is 13.7. The van der Waals surface area contributed by atoms with Gasteiger partial charge in [-0.3, -0.25) is 4.79 Å². The summed E-state index contributed by atoms with van der Waals surface area (Å²) >= 11 is 0. The highest BCUT2D eigenvalue weighted by molar-refractivity contribution is 5.99. The summed E-state index contributed by atoms with van der Waals surface area (Å²) in [6.45, 7) is 7.81. The summed E-state index contributed by atoms with van der Waals surface area (Å²) in [5, 5.41) is 0. The van der Waals surface area contributed by atoms with Crippen LogP contribution in [0.25, 0.3) is 0 Å². The topological polar surface area (TPSA) is 23.6 Å². The smallest absolute Gasteiger partial charge is 0.254 e. The van der Waals surface area contributed by atoms with Crippen molar-refractivity contribution in [2.24, 2.45) is 40.4 Å². The summed E-state index contributed by atoms with van der Waals surface area (Å²) in [6, 6.07) is 9.17. The molecule has 0 radical (unpaired) electrons. The van der Waals surface area contributed by atoms with E-state index in [0.717, 1.165) is 41.6 Å². The number of carbonyl (C=O) groups is 1. The minimum atomic E-state index is -0.0620. The number of nitrogens with zero attached hydrogens (tertiary/aromatic N) is 2. The lowest BCUT2D eigenvalue weighted by Gasteiger charge is -2.63. The van der Waals surface area contributed by atoms with Gasteiger partial charge in [-0.15, -0.1) is 0 Å². The molecule has 4 saturated carbocycles. The molecule has 5 aliphatic rings. The standard InChI is InChI=1S/C31H46N2O/c1-20(32(4)5)24-13-14-25-22-12-11-21-19-31(27-10-8-7-9-23(27)28(34)33(31)6)18-17-29(21,2)26(22)15-16-30(24,25)3/h7-10,20-22,24-26H,11-19H2,1-6H3/t20-,21?,22?,24+,25?,26?,29-,30+,31+/m0/s1. The lowest BCUT2D eigenvalue weighted by Crippen LogP contribution is -2.57. The van der Waals surface area contributed by atoms with Crippen molar-refractivity contribution >= 4 is 5.91 Å². The molecule has 34 heavy (non-hydrogen) atoms. The van der Waals surface area contributed by atoms with E-state index in [1.54, 1.807) is 0 Å². The third-order valence-corrected chi connectivity index (χ3v) is 12.8. The number of fused-ring (bicyclic) bond motifs is 7. The Kier molecular flexibility index (Phi) is 5.14. The summed E-state index contributed by atoms with van der Waals surface area (Å²) in [5.74, 6) is 4.56. The van der Waals surface area contributed by atoms with Crippen LogP contribution in [0.15, 0.2) is 24.3 Å². The molecule has 1 heterocycles. The lowest BCUT2D eigenvalue weighted by molar-refractivity contribution is -0.134. The monoisotopic (exact) mass is 462 g/mol.